The van der Waals surface area contributed by atoms with Gasteiger partial charge in [0.2, 0.25) is 0 Å². The molecule has 0 atom stereocenters. The molecule has 1 aromatic heterocycles. The standard InChI is InChI=1S/C29H38N6O4/c1-3-24-23(21-16-30-31-17-21)7-8-25(32-24)34-19-28(11-13-33(14-12-28)26(36)29(38)9-10-29)35(27(34)37)18-20-5-4-6-22(15-20)39-2/h4-8,15,21,30-31,38H,3,9-14,16-19H2,1-2H3. The average molecular weight is 535 g/mol. The highest BCUT2D eigenvalue weighted by molar-refractivity contribution is 5.95. The van der Waals surface area contributed by atoms with Crippen LogP contribution in [0.4, 0.5) is 10.6 Å². The molecule has 1 aromatic carbocycles. The van der Waals surface area contributed by atoms with Gasteiger partial charge >= 0.3 is 6.03 Å². The number of aryl methyl sites for hydroxylation is 1. The van der Waals surface area contributed by atoms with E-state index in [1.807, 2.05) is 40.1 Å². The average Bonchev–Trinajstić information content (AvgIpc) is 3.38. The third kappa shape index (κ3) is 4.74. The minimum Gasteiger partial charge on any atom is -0.497 e. The molecule has 3 amide bonds. The van der Waals surface area contributed by atoms with E-state index in [9.17, 15) is 14.7 Å². The maximum atomic E-state index is 14.1. The molecule has 0 radical (unpaired) electrons. The van der Waals surface area contributed by atoms with Gasteiger partial charge in [0.15, 0.2) is 0 Å². The number of likely N-dealkylation sites (tertiary alicyclic amines) is 1. The van der Waals surface area contributed by atoms with Crippen molar-refractivity contribution in [3.8, 4) is 5.75 Å². The van der Waals surface area contributed by atoms with Crippen LogP contribution < -0.4 is 20.5 Å². The quantitative estimate of drug-likeness (QED) is 0.500. The number of anilines is 1. The Kier molecular flexibility index (Phi) is 6.73. The number of ether oxygens (including phenoxy) is 1. The zero-order chi connectivity index (χ0) is 27.2. The van der Waals surface area contributed by atoms with Crippen LogP contribution in [0.1, 0.15) is 55.3 Å². The number of pyridine rings is 1. The number of aliphatic hydroxyl groups is 1. The lowest BCUT2D eigenvalue weighted by Gasteiger charge is -2.44. The number of benzene rings is 1. The lowest BCUT2D eigenvalue weighted by Crippen LogP contribution is -2.56. The minimum atomic E-state index is -1.17. The zero-order valence-corrected chi connectivity index (χ0v) is 22.8. The number of urea groups is 1. The molecule has 208 valence electrons. The number of hydrogen-bond donors (Lipinski definition) is 3. The molecule has 4 aliphatic rings. The topological polar surface area (TPSA) is 110 Å². The van der Waals surface area contributed by atoms with Crippen LogP contribution in [0.5, 0.6) is 5.75 Å². The smallest absolute Gasteiger partial charge is 0.326 e. The van der Waals surface area contributed by atoms with Crippen molar-refractivity contribution in [2.45, 2.75) is 62.6 Å². The van der Waals surface area contributed by atoms with Crippen LogP contribution in [0.2, 0.25) is 0 Å². The fourth-order valence-corrected chi connectivity index (χ4v) is 6.33. The van der Waals surface area contributed by atoms with E-state index in [1.54, 1.807) is 12.0 Å². The Labute approximate surface area is 229 Å². The normalized spacial score (nSPS) is 22.1. The Morgan fingerprint density at radius 2 is 1.87 bits per heavy atom. The predicted molar refractivity (Wildman–Crippen MR) is 146 cm³/mol. The van der Waals surface area contributed by atoms with Crippen molar-refractivity contribution in [3.63, 3.8) is 0 Å². The number of methoxy groups -OCH3 is 1. The van der Waals surface area contributed by atoms with E-state index in [4.69, 9.17) is 9.72 Å². The van der Waals surface area contributed by atoms with E-state index in [0.717, 1.165) is 36.5 Å². The summed E-state index contributed by atoms with van der Waals surface area (Å²) in [5.41, 5.74) is 8.03. The number of nitrogens with zero attached hydrogens (tertiary/aromatic N) is 4. The van der Waals surface area contributed by atoms with Crippen molar-refractivity contribution in [2.24, 2.45) is 0 Å². The Bertz CT molecular complexity index is 1250. The highest BCUT2D eigenvalue weighted by atomic mass is 16.5. The van der Waals surface area contributed by atoms with E-state index in [1.165, 1.54) is 5.56 Å². The third-order valence-corrected chi connectivity index (χ3v) is 8.93. The van der Waals surface area contributed by atoms with Crippen molar-refractivity contribution >= 4 is 17.8 Å². The summed E-state index contributed by atoms with van der Waals surface area (Å²) in [6.07, 6.45) is 3.17. The first-order valence-corrected chi connectivity index (χ1v) is 14.1. The van der Waals surface area contributed by atoms with Gasteiger partial charge in [-0.05, 0) is 61.4 Å². The van der Waals surface area contributed by atoms with Gasteiger partial charge in [0.05, 0.1) is 19.2 Å². The van der Waals surface area contributed by atoms with Crippen LogP contribution >= 0.6 is 0 Å². The highest BCUT2D eigenvalue weighted by Crippen LogP contribution is 2.42. The van der Waals surface area contributed by atoms with E-state index in [2.05, 4.69) is 23.8 Å². The lowest BCUT2D eigenvalue weighted by atomic mass is 9.86. The van der Waals surface area contributed by atoms with Crippen LogP contribution in [0.25, 0.3) is 0 Å². The number of carbonyl (C=O) groups excluding carboxylic acids is 2. The highest BCUT2D eigenvalue weighted by Gasteiger charge is 2.55. The van der Waals surface area contributed by atoms with Crippen molar-refractivity contribution in [1.82, 2.24) is 25.6 Å². The summed E-state index contributed by atoms with van der Waals surface area (Å²) in [6, 6.07) is 11.9. The second-order valence-corrected chi connectivity index (χ2v) is 11.4. The summed E-state index contributed by atoms with van der Waals surface area (Å²) >= 11 is 0. The Hall–Kier alpha value is -3.21. The fraction of sp³-hybridized carbons (Fsp3) is 0.552. The summed E-state index contributed by atoms with van der Waals surface area (Å²) in [7, 11) is 1.64. The van der Waals surface area contributed by atoms with Crippen LogP contribution in [0.15, 0.2) is 36.4 Å². The van der Waals surface area contributed by atoms with E-state index >= 15 is 0 Å². The summed E-state index contributed by atoms with van der Waals surface area (Å²) in [4.78, 5) is 37.5. The molecule has 6 rings (SSSR count). The van der Waals surface area contributed by atoms with Gasteiger partial charge in [-0.25, -0.2) is 9.78 Å². The fourth-order valence-electron chi connectivity index (χ4n) is 6.33. The van der Waals surface area contributed by atoms with Gasteiger partial charge in [-0.1, -0.05) is 25.1 Å². The molecule has 4 heterocycles. The number of amides is 3. The van der Waals surface area contributed by atoms with Crippen molar-refractivity contribution in [3.05, 3.63) is 53.2 Å². The first-order chi connectivity index (χ1) is 18.9. The summed E-state index contributed by atoms with van der Waals surface area (Å²) < 4.78 is 5.43. The summed E-state index contributed by atoms with van der Waals surface area (Å²) in [5.74, 6) is 1.62. The largest absolute Gasteiger partial charge is 0.497 e. The van der Waals surface area contributed by atoms with Gasteiger partial charge < -0.3 is 19.6 Å². The van der Waals surface area contributed by atoms with Crippen LogP contribution in [-0.4, -0.2) is 82.8 Å². The van der Waals surface area contributed by atoms with Crippen LogP contribution in [-0.2, 0) is 17.8 Å². The molecule has 1 aliphatic carbocycles. The second kappa shape index (κ2) is 10.1. The van der Waals surface area contributed by atoms with Gasteiger partial charge in [-0.15, -0.1) is 0 Å². The number of piperidine rings is 1. The lowest BCUT2D eigenvalue weighted by molar-refractivity contribution is -0.144. The van der Waals surface area contributed by atoms with Gasteiger partial charge in [0, 0.05) is 44.3 Å². The monoisotopic (exact) mass is 534 g/mol. The van der Waals surface area contributed by atoms with Crippen LogP contribution in [0.3, 0.4) is 0 Å². The van der Waals surface area contributed by atoms with Crippen molar-refractivity contribution in [1.29, 1.82) is 0 Å². The van der Waals surface area contributed by atoms with Crippen molar-refractivity contribution < 1.29 is 19.4 Å². The molecule has 0 unspecified atom stereocenters. The number of aromatic nitrogens is 1. The molecule has 3 saturated heterocycles. The number of hydrogen-bond acceptors (Lipinski definition) is 7. The second-order valence-electron chi connectivity index (χ2n) is 11.4. The first-order valence-electron chi connectivity index (χ1n) is 14.1. The molecule has 2 aromatic rings. The molecule has 4 fully saturated rings. The maximum absolute atomic E-state index is 14.1. The van der Waals surface area contributed by atoms with E-state index < -0.39 is 11.1 Å². The number of rotatable bonds is 7. The van der Waals surface area contributed by atoms with E-state index in [0.29, 0.717) is 63.6 Å². The number of carbonyl (C=O) groups is 2. The van der Waals surface area contributed by atoms with E-state index in [-0.39, 0.29) is 11.9 Å². The molecular formula is C29H38N6O4. The van der Waals surface area contributed by atoms with Gasteiger partial charge in [-0.2, -0.15) is 0 Å². The van der Waals surface area contributed by atoms with Gasteiger partial charge in [0.1, 0.15) is 17.2 Å². The minimum absolute atomic E-state index is 0.0649. The summed E-state index contributed by atoms with van der Waals surface area (Å²) in [6.45, 7) is 5.83. The maximum Gasteiger partial charge on any atom is 0.326 e. The Balaban J connectivity index is 1.29. The van der Waals surface area contributed by atoms with Crippen molar-refractivity contribution in [2.75, 3.05) is 44.7 Å². The van der Waals surface area contributed by atoms with Gasteiger partial charge in [0.25, 0.3) is 5.91 Å². The molecule has 10 nitrogen and oxygen atoms in total. The SMILES string of the molecule is CCc1nc(N2CC3(CCN(C(=O)C4(O)CC4)CC3)N(Cc3cccc(OC)c3)C2=O)ccc1C1CNNC1. The third-order valence-electron chi connectivity index (χ3n) is 8.93. The van der Waals surface area contributed by atoms with Gasteiger partial charge in [-0.3, -0.25) is 20.5 Å². The predicted octanol–water partition coefficient (Wildman–Crippen LogP) is 2.17. The van der Waals surface area contributed by atoms with Crippen LogP contribution in [0, 0.1) is 0 Å². The molecular weight excluding hydrogens is 496 g/mol. The molecule has 1 saturated carbocycles. The molecule has 3 aliphatic heterocycles. The molecule has 3 N–H and O–H groups in total. The zero-order valence-electron chi connectivity index (χ0n) is 22.8. The number of nitrogens with one attached hydrogen (secondary N) is 2. The molecule has 39 heavy (non-hydrogen) atoms. The Morgan fingerprint density at radius 3 is 2.54 bits per heavy atom. The number of hydrazine groups is 1. The first kappa shape index (κ1) is 26.0. The summed E-state index contributed by atoms with van der Waals surface area (Å²) in [5, 5.41) is 10.4. The molecule has 0 bridgehead atoms. The molecule has 1 spiro atoms. The Morgan fingerprint density at radius 1 is 1.13 bits per heavy atom. The molecule has 10 heteroatoms.